The number of carbonyl (C=O) groups is 2. The van der Waals surface area contributed by atoms with E-state index in [2.05, 4.69) is 12.2 Å². The second kappa shape index (κ2) is 7.66. The highest BCUT2D eigenvalue weighted by molar-refractivity contribution is 5.86. The number of ether oxygens (including phenoxy) is 2. The van der Waals surface area contributed by atoms with Gasteiger partial charge in [0.2, 0.25) is 0 Å². The molecule has 3 atom stereocenters. The van der Waals surface area contributed by atoms with Gasteiger partial charge < -0.3 is 14.8 Å². The fourth-order valence-electron chi connectivity index (χ4n) is 3.30. The molecule has 1 heterocycles. The number of hydrogen-bond donors (Lipinski definition) is 1. The minimum absolute atomic E-state index is 0.253. The Hall–Kier alpha value is -1.26. The van der Waals surface area contributed by atoms with Crippen molar-refractivity contribution in [3.8, 4) is 0 Å². The Balaban J connectivity index is 1.54. The molecule has 1 saturated carbocycles. The number of cyclic esters (lactones) is 1. The van der Waals surface area contributed by atoms with Crippen LogP contribution in [0.3, 0.4) is 0 Å². The predicted molar refractivity (Wildman–Crippen MR) is 78.8 cm³/mol. The van der Waals surface area contributed by atoms with Gasteiger partial charge in [-0.25, -0.2) is 9.59 Å². The Morgan fingerprint density at radius 3 is 2.71 bits per heavy atom. The zero-order valence-electron chi connectivity index (χ0n) is 13.1. The molecule has 0 radical (unpaired) electrons. The summed E-state index contributed by atoms with van der Waals surface area (Å²) in [6.45, 7) is 4.47. The monoisotopic (exact) mass is 297 g/mol. The molecule has 0 aromatic heterocycles. The molecular weight excluding hydrogens is 270 g/mol. The van der Waals surface area contributed by atoms with Crippen molar-refractivity contribution >= 4 is 12.1 Å². The van der Waals surface area contributed by atoms with Crippen LogP contribution < -0.4 is 5.32 Å². The first-order chi connectivity index (χ1) is 10.1. The minimum atomic E-state index is -0.543. The van der Waals surface area contributed by atoms with Crippen LogP contribution in [0.2, 0.25) is 0 Å². The first kappa shape index (κ1) is 16.1. The smallest absolute Gasteiger partial charge is 0.407 e. The van der Waals surface area contributed by atoms with E-state index in [0.29, 0.717) is 12.5 Å². The van der Waals surface area contributed by atoms with E-state index in [9.17, 15) is 9.59 Å². The Morgan fingerprint density at radius 2 is 2.10 bits per heavy atom. The Bertz CT molecular complexity index is 365. The average molecular weight is 297 g/mol. The third kappa shape index (κ3) is 4.61. The third-order valence-electron chi connectivity index (χ3n) is 4.79. The lowest BCUT2D eigenvalue weighted by molar-refractivity contribution is -0.174. The number of alkyl carbamates (subject to hydrolysis) is 1. The van der Waals surface area contributed by atoms with Gasteiger partial charge in [-0.05, 0) is 31.6 Å². The second-order valence-electron chi connectivity index (χ2n) is 6.42. The van der Waals surface area contributed by atoms with E-state index in [0.717, 1.165) is 18.8 Å². The largest absolute Gasteiger partial charge is 0.458 e. The van der Waals surface area contributed by atoms with Gasteiger partial charge in [-0.15, -0.1) is 0 Å². The normalized spacial score (nSPS) is 27.4. The summed E-state index contributed by atoms with van der Waals surface area (Å²) in [6.07, 6.45) is 8.02. The summed E-state index contributed by atoms with van der Waals surface area (Å²) in [4.78, 5) is 22.6. The van der Waals surface area contributed by atoms with Gasteiger partial charge in [0, 0.05) is 0 Å². The van der Waals surface area contributed by atoms with Gasteiger partial charge in [-0.3, -0.25) is 0 Å². The van der Waals surface area contributed by atoms with E-state index in [4.69, 9.17) is 9.47 Å². The molecule has 5 heteroatoms. The van der Waals surface area contributed by atoms with E-state index in [1.807, 2.05) is 0 Å². The highest BCUT2D eigenvalue weighted by atomic mass is 16.6. The van der Waals surface area contributed by atoms with Gasteiger partial charge in [-0.2, -0.15) is 0 Å². The van der Waals surface area contributed by atoms with Crippen LogP contribution in [-0.4, -0.2) is 30.8 Å². The molecule has 2 fully saturated rings. The van der Waals surface area contributed by atoms with Crippen LogP contribution in [0, 0.1) is 11.8 Å². The van der Waals surface area contributed by atoms with Gasteiger partial charge in [0.25, 0.3) is 0 Å². The topological polar surface area (TPSA) is 64.6 Å². The molecule has 0 spiro atoms. The van der Waals surface area contributed by atoms with Crippen LogP contribution >= 0.6 is 0 Å². The average Bonchev–Trinajstić information content (AvgIpc) is 2.50. The Labute approximate surface area is 126 Å². The summed E-state index contributed by atoms with van der Waals surface area (Å²) in [7, 11) is 0. The van der Waals surface area contributed by atoms with Crippen molar-refractivity contribution in [2.45, 2.75) is 70.9 Å². The maximum absolute atomic E-state index is 11.5. The van der Waals surface area contributed by atoms with Gasteiger partial charge in [0.15, 0.2) is 6.04 Å². The van der Waals surface area contributed by atoms with E-state index < -0.39 is 12.1 Å². The molecule has 21 heavy (non-hydrogen) atoms. The van der Waals surface area contributed by atoms with Gasteiger partial charge in [0.05, 0.1) is 6.61 Å². The first-order valence-electron chi connectivity index (χ1n) is 8.21. The van der Waals surface area contributed by atoms with Crippen LogP contribution in [-0.2, 0) is 14.3 Å². The molecule has 1 N–H and O–H groups in total. The lowest BCUT2D eigenvalue weighted by Gasteiger charge is -2.32. The maximum atomic E-state index is 11.5. The van der Waals surface area contributed by atoms with Gasteiger partial charge in [0.1, 0.15) is 6.10 Å². The standard InChI is InChI=1S/C16H27NO4/c1-11(13-8-4-3-5-9-13)7-6-10-20-16(19)17-14-12(2)21-15(14)18/h11-14H,3-10H2,1-2H3,(H,17,19)/t11?,12-,14+/m0/s1. The van der Waals surface area contributed by atoms with Crippen molar-refractivity contribution in [2.75, 3.05) is 6.61 Å². The van der Waals surface area contributed by atoms with Crippen molar-refractivity contribution in [3.05, 3.63) is 0 Å². The minimum Gasteiger partial charge on any atom is -0.458 e. The highest BCUT2D eigenvalue weighted by Crippen LogP contribution is 2.31. The Kier molecular flexibility index (Phi) is 5.88. The number of hydrogen-bond acceptors (Lipinski definition) is 4. The number of esters is 1. The zero-order valence-corrected chi connectivity index (χ0v) is 13.1. The first-order valence-corrected chi connectivity index (χ1v) is 8.21. The summed E-state index contributed by atoms with van der Waals surface area (Å²) in [6, 6.07) is -0.543. The molecule has 120 valence electrons. The summed E-state index contributed by atoms with van der Waals surface area (Å²) in [5.74, 6) is 1.17. The van der Waals surface area contributed by atoms with Crippen molar-refractivity contribution < 1.29 is 19.1 Å². The van der Waals surface area contributed by atoms with Crippen molar-refractivity contribution in [2.24, 2.45) is 11.8 Å². The lowest BCUT2D eigenvalue weighted by atomic mass is 9.79. The molecule has 2 aliphatic rings. The maximum Gasteiger partial charge on any atom is 0.407 e. The number of carbonyl (C=O) groups excluding carboxylic acids is 2. The molecule has 0 aromatic carbocycles. The van der Waals surface area contributed by atoms with Crippen LogP contribution in [0.4, 0.5) is 4.79 Å². The Morgan fingerprint density at radius 1 is 1.38 bits per heavy atom. The zero-order chi connectivity index (χ0) is 15.2. The van der Waals surface area contributed by atoms with Crippen LogP contribution in [0.15, 0.2) is 0 Å². The van der Waals surface area contributed by atoms with Crippen LogP contribution in [0.5, 0.6) is 0 Å². The quantitative estimate of drug-likeness (QED) is 0.604. The summed E-state index contributed by atoms with van der Waals surface area (Å²) >= 11 is 0. The summed E-state index contributed by atoms with van der Waals surface area (Å²) in [5.41, 5.74) is 0. The molecule has 2 rings (SSSR count). The lowest BCUT2D eigenvalue weighted by Crippen LogP contribution is -2.58. The van der Waals surface area contributed by atoms with Gasteiger partial charge in [-0.1, -0.05) is 39.0 Å². The molecule has 0 bridgehead atoms. The molecule has 5 nitrogen and oxygen atoms in total. The third-order valence-corrected chi connectivity index (χ3v) is 4.79. The molecule has 1 aliphatic carbocycles. The molecule has 0 aromatic rings. The second-order valence-corrected chi connectivity index (χ2v) is 6.42. The molecule has 1 aliphatic heterocycles. The van der Waals surface area contributed by atoms with E-state index in [1.54, 1.807) is 6.92 Å². The molecule has 1 unspecified atom stereocenters. The highest BCUT2D eigenvalue weighted by Gasteiger charge is 2.40. The van der Waals surface area contributed by atoms with E-state index in [-0.39, 0.29) is 12.1 Å². The predicted octanol–water partition coefficient (Wildman–Crippen LogP) is 3.02. The molecular formula is C16H27NO4. The van der Waals surface area contributed by atoms with Crippen molar-refractivity contribution in [1.82, 2.24) is 5.32 Å². The number of rotatable bonds is 6. The number of amides is 1. The molecule has 1 amide bonds. The van der Waals surface area contributed by atoms with Crippen LogP contribution in [0.25, 0.3) is 0 Å². The fraction of sp³-hybridized carbons (Fsp3) is 0.875. The van der Waals surface area contributed by atoms with E-state index in [1.165, 1.54) is 32.1 Å². The van der Waals surface area contributed by atoms with Gasteiger partial charge >= 0.3 is 12.1 Å². The SMILES string of the molecule is CC(CCCOC(=O)N[C@H]1C(=O)O[C@H]1C)C1CCCCC1. The summed E-state index contributed by atoms with van der Waals surface area (Å²) < 4.78 is 9.89. The number of nitrogens with one attached hydrogen (secondary N) is 1. The van der Waals surface area contributed by atoms with Crippen molar-refractivity contribution in [1.29, 1.82) is 0 Å². The molecule has 1 saturated heterocycles. The fourth-order valence-corrected chi connectivity index (χ4v) is 3.30. The summed E-state index contributed by atoms with van der Waals surface area (Å²) in [5, 5.41) is 2.53. The van der Waals surface area contributed by atoms with Crippen LogP contribution in [0.1, 0.15) is 58.8 Å². The van der Waals surface area contributed by atoms with E-state index >= 15 is 0 Å². The van der Waals surface area contributed by atoms with Crippen molar-refractivity contribution in [3.63, 3.8) is 0 Å².